The molecule has 21 heavy (non-hydrogen) atoms. The summed E-state index contributed by atoms with van der Waals surface area (Å²) in [5, 5.41) is 8.20. The molecule has 1 heterocycles. The highest BCUT2D eigenvalue weighted by atomic mass is 79.9. The minimum Gasteiger partial charge on any atom is -0.314 e. The Hall–Kier alpha value is -1.13. The monoisotopic (exact) mass is 349 g/mol. The first-order valence-corrected chi connectivity index (χ1v) is 8.44. The molecule has 4 heteroatoms. The van der Waals surface area contributed by atoms with Gasteiger partial charge in [0.05, 0.1) is 15.9 Å². The zero-order valence-corrected chi connectivity index (χ0v) is 14.7. The maximum atomic E-state index is 4.59. The van der Waals surface area contributed by atoms with Gasteiger partial charge in [0, 0.05) is 19.0 Å². The molecule has 3 nitrogen and oxygen atoms in total. The Morgan fingerprint density at radius 3 is 2.52 bits per heavy atom. The second-order valence-electron chi connectivity index (χ2n) is 5.31. The van der Waals surface area contributed by atoms with E-state index in [2.05, 4.69) is 82.1 Å². The predicted molar refractivity (Wildman–Crippen MR) is 91.7 cm³/mol. The topological polar surface area (TPSA) is 29.9 Å². The lowest BCUT2D eigenvalue weighted by molar-refractivity contribution is 0.495. The summed E-state index contributed by atoms with van der Waals surface area (Å²) in [4.78, 5) is 0. The average Bonchev–Trinajstić information content (AvgIpc) is 2.76. The van der Waals surface area contributed by atoms with Gasteiger partial charge in [-0.1, -0.05) is 37.3 Å². The summed E-state index contributed by atoms with van der Waals surface area (Å²) in [5.74, 6) is 0. The van der Waals surface area contributed by atoms with E-state index in [1.165, 1.54) is 11.3 Å². The molecule has 0 bridgehead atoms. The van der Waals surface area contributed by atoms with Crippen molar-refractivity contribution in [2.45, 2.75) is 46.2 Å². The van der Waals surface area contributed by atoms with E-state index in [1.54, 1.807) is 0 Å². The van der Waals surface area contributed by atoms with Crippen molar-refractivity contribution in [1.82, 2.24) is 15.1 Å². The van der Waals surface area contributed by atoms with Crippen LogP contribution in [0.25, 0.3) is 0 Å². The summed E-state index contributed by atoms with van der Waals surface area (Å²) >= 11 is 3.70. The predicted octanol–water partition coefficient (Wildman–Crippen LogP) is 3.74. The highest BCUT2D eigenvalue weighted by Gasteiger charge is 2.17. The highest BCUT2D eigenvalue weighted by molar-refractivity contribution is 9.10. The molecule has 0 fully saturated rings. The smallest absolute Gasteiger partial charge is 0.0738 e. The maximum absolute atomic E-state index is 4.59. The molecule has 0 radical (unpaired) electrons. The molecule has 2 rings (SSSR count). The number of likely N-dealkylation sites (N-methyl/N-ethyl adjacent to an activating group) is 1. The normalized spacial score (nSPS) is 12.6. The first-order chi connectivity index (χ1) is 10.2. The Balaban J connectivity index is 2.16. The molecule has 1 aromatic heterocycles. The maximum Gasteiger partial charge on any atom is 0.0738 e. The Morgan fingerprint density at radius 1 is 1.19 bits per heavy atom. The van der Waals surface area contributed by atoms with E-state index in [0.29, 0.717) is 6.04 Å². The van der Waals surface area contributed by atoms with Gasteiger partial charge in [0.25, 0.3) is 0 Å². The second-order valence-corrected chi connectivity index (χ2v) is 6.10. The molecular weight excluding hydrogens is 326 g/mol. The number of halogens is 1. The molecule has 0 aliphatic rings. The van der Waals surface area contributed by atoms with E-state index in [9.17, 15) is 0 Å². The Bertz CT molecular complexity index is 563. The number of hydrogen-bond acceptors (Lipinski definition) is 2. The van der Waals surface area contributed by atoms with Crippen molar-refractivity contribution in [2.75, 3.05) is 6.54 Å². The molecule has 114 valence electrons. The average molecular weight is 350 g/mol. The van der Waals surface area contributed by atoms with Gasteiger partial charge >= 0.3 is 0 Å². The van der Waals surface area contributed by atoms with Gasteiger partial charge < -0.3 is 5.32 Å². The van der Waals surface area contributed by atoms with Crippen molar-refractivity contribution in [2.24, 2.45) is 0 Å². The van der Waals surface area contributed by atoms with Crippen molar-refractivity contribution < 1.29 is 0 Å². The lowest BCUT2D eigenvalue weighted by atomic mass is 10.0. The number of nitrogens with one attached hydrogen (secondary N) is 1. The van der Waals surface area contributed by atoms with Crippen LogP contribution in [0.15, 0.2) is 34.8 Å². The number of nitrogens with zero attached hydrogens (tertiary/aromatic N) is 2. The van der Waals surface area contributed by atoms with E-state index in [4.69, 9.17) is 0 Å². The summed E-state index contributed by atoms with van der Waals surface area (Å²) < 4.78 is 3.26. The van der Waals surface area contributed by atoms with E-state index >= 15 is 0 Å². The number of aromatic nitrogens is 2. The van der Waals surface area contributed by atoms with Gasteiger partial charge in [0.2, 0.25) is 0 Å². The van der Waals surface area contributed by atoms with Crippen LogP contribution in [0.2, 0.25) is 0 Å². The van der Waals surface area contributed by atoms with Crippen molar-refractivity contribution in [3.63, 3.8) is 0 Å². The Labute approximate surface area is 135 Å². The zero-order valence-electron chi connectivity index (χ0n) is 13.1. The number of hydrogen-bond donors (Lipinski definition) is 1. The fourth-order valence-electron chi connectivity index (χ4n) is 2.70. The van der Waals surface area contributed by atoms with Crippen LogP contribution >= 0.6 is 15.9 Å². The molecule has 1 atom stereocenters. The van der Waals surface area contributed by atoms with Crippen molar-refractivity contribution in [1.29, 1.82) is 0 Å². The van der Waals surface area contributed by atoms with E-state index < -0.39 is 0 Å². The SMILES string of the molecule is CCNC(Cc1ccccc1)Cc1c(Br)c(C)nn1CC. The van der Waals surface area contributed by atoms with Crippen molar-refractivity contribution in [3.05, 3.63) is 51.8 Å². The number of rotatable bonds is 7. The second kappa shape index (κ2) is 7.76. The molecule has 0 aliphatic carbocycles. The third kappa shape index (κ3) is 4.17. The minimum atomic E-state index is 0.426. The summed E-state index contributed by atoms with van der Waals surface area (Å²) in [6.07, 6.45) is 2.02. The van der Waals surface area contributed by atoms with Gasteiger partial charge in [-0.05, 0) is 48.3 Å². The molecule has 2 aromatic rings. The van der Waals surface area contributed by atoms with E-state index in [0.717, 1.165) is 36.1 Å². The first kappa shape index (κ1) is 16.2. The molecule has 0 amide bonds. The van der Waals surface area contributed by atoms with Crippen LogP contribution in [-0.4, -0.2) is 22.4 Å². The molecule has 1 aromatic carbocycles. The lowest BCUT2D eigenvalue weighted by Gasteiger charge is -2.19. The molecule has 0 saturated carbocycles. The van der Waals surface area contributed by atoms with Crippen LogP contribution in [0.1, 0.15) is 30.8 Å². The third-order valence-corrected chi connectivity index (χ3v) is 4.74. The third-order valence-electron chi connectivity index (χ3n) is 3.71. The van der Waals surface area contributed by atoms with Gasteiger partial charge in [-0.2, -0.15) is 5.10 Å². The van der Waals surface area contributed by atoms with Gasteiger partial charge in [-0.25, -0.2) is 0 Å². The largest absolute Gasteiger partial charge is 0.314 e. The molecule has 0 spiro atoms. The molecule has 0 saturated heterocycles. The van der Waals surface area contributed by atoms with Crippen LogP contribution in [0.3, 0.4) is 0 Å². The standard InChI is InChI=1S/C17H24BrN3/c1-4-19-15(11-14-9-7-6-8-10-14)12-16-17(18)13(3)20-21(16)5-2/h6-10,15,19H,4-5,11-12H2,1-3H3. The summed E-state index contributed by atoms with van der Waals surface area (Å²) in [7, 11) is 0. The van der Waals surface area contributed by atoms with Crippen LogP contribution in [0, 0.1) is 6.92 Å². The zero-order chi connectivity index (χ0) is 15.2. The molecule has 0 aliphatic heterocycles. The van der Waals surface area contributed by atoms with Crippen LogP contribution in [0.4, 0.5) is 0 Å². The fraction of sp³-hybridized carbons (Fsp3) is 0.471. The minimum absolute atomic E-state index is 0.426. The Kier molecular flexibility index (Phi) is 6.00. The van der Waals surface area contributed by atoms with E-state index in [1.807, 2.05) is 0 Å². The molecule has 1 N–H and O–H groups in total. The molecular formula is C17H24BrN3. The van der Waals surface area contributed by atoms with Crippen LogP contribution < -0.4 is 5.32 Å². The van der Waals surface area contributed by atoms with Crippen molar-refractivity contribution in [3.8, 4) is 0 Å². The van der Waals surface area contributed by atoms with Crippen LogP contribution in [-0.2, 0) is 19.4 Å². The van der Waals surface area contributed by atoms with E-state index in [-0.39, 0.29) is 0 Å². The number of benzene rings is 1. The highest BCUT2D eigenvalue weighted by Crippen LogP contribution is 2.23. The fourth-order valence-corrected chi connectivity index (χ4v) is 3.15. The molecule has 1 unspecified atom stereocenters. The lowest BCUT2D eigenvalue weighted by Crippen LogP contribution is -2.34. The van der Waals surface area contributed by atoms with Gasteiger partial charge in [0.1, 0.15) is 0 Å². The summed E-state index contributed by atoms with van der Waals surface area (Å²) in [6.45, 7) is 8.25. The van der Waals surface area contributed by atoms with Crippen molar-refractivity contribution >= 4 is 15.9 Å². The van der Waals surface area contributed by atoms with Gasteiger partial charge in [-0.3, -0.25) is 4.68 Å². The van der Waals surface area contributed by atoms with Crippen LogP contribution in [0.5, 0.6) is 0 Å². The summed E-state index contributed by atoms with van der Waals surface area (Å²) in [6, 6.07) is 11.1. The number of aryl methyl sites for hydroxylation is 2. The summed E-state index contributed by atoms with van der Waals surface area (Å²) in [5.41, 5.74) is 3.73. The first-order valence-electron chi connectivity index (χ1n) is 7.64. The Morgan fingerprint density at radius 2 is 1.90 bits per heavy atom. The van der Waals surface area contributed by atoms with Gasteiger partial charge in [-0.15, -0.1) is 0 Å². The quantitative estimate of drug-likeness (QED) is 0.825. The van der Waals surface area contributed by atoms with Gasteiger partial charge in [0.15, 0.2) is 0 Å².